The largest absolute Gasteiger partial charge is 0.377 e. The van der Waals surface area contributed by atoms with E-state index >= 15 is 0 Å². The van der Waals surface area contributed by atoms with Crippen molar-refractivity contribution in [2.24, 2.45) is 0 Å². The minimum atomic E-state index is -3.68. The Morgan fingerprint density at radius 3 is 2.71 bits per heavy atom. The van der Waals surface area contributed by atoms with Crippen molar-refractivity contribution in [2.75, 3.05) is 13.2 Å². The average molecular weight is 329 g/mol. The third kappa shape index (κ3) is 4.42. The lowest BCUT2D eigenvalue weighted by atomic mass is 10.2. The number of nitriles is 1. The fourth-order valence-corrected chi connectivity index (χ4v) is 3.88. The molecule has 0 spiro atoms. The van der Waals surface area contributed by atoms with Crippen LogP contribution in [0.2, 0.25) is 5.02 Å². The molecule has 1 aromatic rings. The third-order valence-corrected chi connectivity index (χ3v) is 5.34. The zero-order valence-corrected chi connectivity index (χ0v) is 13.1. The van der Waals surface area contributed by atoms with Gasteiger partial charge in [0.05, 0.1) is 29.4 Å². The molecule has 1 aliphatic carbocycles. The van der Waals surface area contributed by atoms with Gasteiger partial charge in [0, 0.05) is 6.54 Å². The highest BCUT2D eigenvalue weighted by molar-refractivity contribution is 7.89. The monoisotopic (exact) mass is 328 g/mol. The van der Waals surface area contributed by atoms with Gasteiger partial charge >= 0.3 is 0 Å². The maximum absolute atomic E-state index is 12.1. The van der Waals surface area contributed by atoms with Gasteiger partial charge in [-0.2, -0.15) is 5.26 Å². The molecule has 0 radical (unpaired) electrons. The summed E-state index contributed by atoms with van der Waals surface area (Å²) in [5.74, 6) is 0. The summed E-state index contributed by atoms with van der Waals surface area (Å²) in [7, 11) is -3.68. The van der Waals surface area contributed by atoms with Crippen LogP contribution in [0.5, 0.6) is 0 Å². The molecule has 0 saturated heterocycles. The molecule has 21 heavy (non-hydrogen) atoms. The SMILES string of the molecule is N#Cc1ccc(S(=O)(=O)NCCOC2CCCC2)c(Cl)c1. The summed E-state index contributed by atoms with van der Waals surface area (Å²) in [5.41, 5.74) is 0.323. The molecule has 1 fully saturated rings. The van der Waals surface area contributed by atoms with Gasteiger partial charge in [-0.3, -0.25) is 0 Å². The number of sulfonamides is 1. The predicted octanol–water partition coefficient (Wildman–Crippen LogP) is 2.45. The predicted molar refractivity (Wildman–Crippen MR) is 79.6 cm³/mol. The van der Waals surface area contributed by atoms with Crippen molar-refractivity contribution in [3.05, 3.63) is 28.8 Å². The molecule has 1 N–H and O–H groups in total. The molecule has 0 bridgehead atoms. The fraction of sp³-hybridized carbons (Fsp3) is 0.500. The van der Waals surface area contributed by atoms with Gasteiger partial charge in [0.1, 0.15) is 4.90 Å². The number of halogens is 1. The van der Waals surface area contributed by atoms with Gasteiger partial charge in [-0.1, -0.05) is 24.4 Å². The Balaban J connectivity index is 1.90. The van der Waals surface area contributed by atoms with Gasteiger partial charge in [0.15, 0.2) is 0 Å². The highest BCUT2D eigenvalue weighted by atomic mass is 35.5. The molecule has 0 heterocycles. The van der Waals surface area contributed by atoms with Crippen LogP contribution in [0.1, 0.15) is 31.2 Å². The number of nitrogens with zero attached hydrogens (tertiary/aromatic N) is 1. The highest BCUT2D eigenvalue weighted by Gasteiger charge is 2.19. The van der Waals surface area contributed by atoms with E-state index in [2.05, 4.69) is 4.72 Å². The van der Waals surface area contributed by atoms with Crippen LogP contribution in [0.3, 0.4) is 0 Å². The molecule has 0 unspecified atom stereocenters. The minimum absolute atomic E-state index is 0.0240. The van der Waals surface area contributed by atoms with Gasteiger partial charge in [-0.25, -0.2) is 13.1 Å². The van der Waals surface area contributed by atoms with Crippen LogP contribution in [0, 0.1) is 11.3 Å². The van der Waals surface area contributed by atoms with E-state index in [1.165, 1.54) is 31.0 Å². The van der Waals surface area contributed by atoms with Crippen molar-refractivity contribution in [3.63, 3.8) is 0 Å². The lowest BCUT2D eigenvalue weighted by Gasteiger charge is -2.12. The Bertz CT molecular complexity index is 634. The van der Waals surface area contributed by atoms with Gasteiger partial charge in [0.2, 0.25) is 10.0 Å². The van der Waals surface area contributed by atoms with Crippen molar-refractivity contribution >= 4 is 21.6 Å². The van der Waals surface area contributed by atoms with Crippen LogP contribution < -0.4 is 4.72 Å². The number of hydrogen-bond donors (Lipinski definition) is 1. The molecule has 1 saturated carbocycles. The first kappa shape index (κ1) is 16.2. The van der Waals surface area contributed by atoms with Gasteiger partial charge < -0.3 is 4.74 Å². The van der Waals surface area contributed by atoms with E-state index in [9.17, 15) is 8.42 Å². The smallest absolute Gasteiger partial charge is 0.242 e. The van der Waals surface area contributed by atoms with E-state index in [1.54, 1.807) is 0 Å². The highest BCUT2D eigenvalue weighted by Crippen LogP contribution is 2.22. The van der Waals surface area contributed by atoms with Crippen LogP contribution in [0.25, 0.3) is 0 Å². The van der Waals surface area contributed by atoms with Crippen molar-refractivity contribution in [2.45, 2.75) is 36.7 Å². The van der Waals surface area contributed by atoms with Gasteiger partial charge in [-0.05, 0) is 31.0 Å². The Kier molecular flexibility index (Phi) is 5.59. The van der Waals surface area contributed by atoms with Crippen molar-refractivity contribution < 1.29 is 13.2 Å². The molecule has 5 nitrogen and oxygen atoms in total. The number of ether oxygens (including phenoxy) is 1. The van der Waals surface area contributed by atoms with E-state index in [0.717, 1.165) is 12.8 Å². The minimum Gasteiger partial charge on any atom is -0.377 e. The van der Waals surface area contributed by atoms with E-state index in [0.29, 0.717) is 12.2 Å². The molecule has 114 valence electrons. The first-order chi connectivity index (χ1) is 10.0. The summed E-state index contributed by atoms with van der Waals surface area (Å²) in [6, 6.07) is 6.01. The van der Waals surface area contributed by atoms with Gasteiger partial charge in [-0.15, -0.1) is 0 Å². The lowest BCUT2D eigenvalue weighted by molar-refractivity contribution is 0.0626. The molecular weight excluding hydrogens is 312 g/mol. The Morgan fingerprint density at radius 1 is 1.38 bits per heavy atom. The van der Waals surface area contributed by atoms with Crippen LogP contribution in [-0.4, -0.2) is 27.7 Å². The second-order valence-corrected chi connectivity index (χ2v) is 7.07. The Morgan fingerprint density at radius 2 is 2.10 bits per heavy atom. The van der Waals surface area contributed by atoms with Crippen LogP contribution in [0.15, 0.2) is 23.1 Å². The zero-order valence-electron chi connectivity index (χ0n) is 11.5. The lowest BCUT2D eigenvalue weighted by Crippen LogP contribution is -2.28. The fourth-order valence-electron chi connectivity index (χ4n) is 2.32. The average Bonchev–Trinajstić information content (AvgIpc) is 2.96. The summed E-state index contributed by atoms with van der Waals surface area (Å²) < 4.78 is 32.3. The topological polar surface area (TPSA) is 79.2 Å². The van der Waals surface area contributed by atoms with Gasteiger partial charge in [0.25, 0.3) is 0 Å². The van der Waals surface area contributed by atoms with Crippen molar-refractivity contribution in [1.82, 2.24) is 4.72 Å². The molecule has 1 aliphatic rings. The molecule has 0 amide bonds. The quantitative estimate of drug-likeness (QED) is 0.813. The molecule has 0 atom stereocenters. The van der Waals surface area contributed by atoms with Crippen molar-refractivity contribution in [1.29, 1.82) is 5.26 Å². The number of benzene rings is 1. The molecule has 1 aromatic carbocycles. The molecular formula is C14H17ClN2O3S. The van der Waals surface area contributed by atoms with Crippen molar-refractivity contribution in [3.8, 4) is 6.07 Å². The van der Waals surface area contributed by atoms with E-state index in [1.807, 2.05) is 6.07 Å². The Labute approximate surface area is 129 Å². The second kappa shape index (κ2) is 7.23. The van der Waals surface area contributed by atoms with Crippen LogP contribution in [-0.2, 0) is 14.8 Å². The third-order valence-electron chi connectivity index (χ3n) is 3.40. The first-order valence-corrected chi connectivity index (χ1v) is 8.70. The zero-order chi connectivity index (χ0) is 15.3. The Hall–Kier alpha value is -1.13. The van der Waals surface area contributed by atoms with Crippen LogP contribution >= 0.6 is 11.6 Å². The number of hydrogen-bond acceptors (Lipinski definition) is 4. The number of nitrogens with one attached hydrogen (secondary N) is 1. The molecule has 0 aliphatic heterocycles. The summed E-state index contributed by atoms with van der Waals surface area (Å²) in [6.45, 7) is 0.549. The maximum Gasteiger partial charge on any atom is 0.242 e. The standard InChI is InChI=1S/C14H17ClN2O3S/c15-13-9-11(10-16)5-6-14(13)21(18,19)17-7-8-20-12-3-1-2-4-12/h5-6,9,12,17H,1-4,7-8H2. The summed E-state index contributed by atoms with van der Waals surface area (Å²) >= 11 is 5.91. The molecule has 2 rings (SSSR count). The second-order valence-electron chi connectivity index (χ2n) is 4.93. The molecule has 0 aromatic heterocycles. The van der Waals surface area contributed by atoms with Crippen LogP contribution in [0.4, 0.5) is 0 Å². The maximum atomic E-state index is 12.1. The summed E-state index contributed by atoms with van der Waals surface area (Å²) in [5, 5.41) is 8.78. The van der Waals surface area contributed by atoms with E-state index in [-0.39, 0.29) is 22.6 Å². The van der Waals surface area contributed by atoms with E-state index < -0.39 is 10.0 Å². The molecule has 7 heteroatoms. The number of rotatable bonds is 6. The summed E-state index contributed by atoms with van der Waals surface area (Å²) in [4.78, 5) is -0.0240. The summed E-state index contributed by atoms with van der Waals surface area (Å²) in [6.07, 6.45) is 4.71. The van der Waals surface area contributed by atoms with E-state index in [4.69, 9.17) is 21.6 Å². The first-order valence-electron chi connectivity index (χ1n) is 6.84. The normalized spacial score (nSPS) is 16.0.